The van der Waals surface area contributed by atoms with E-state index < -0.39 is 0 Å². The van der Waals surface area contributed by atoms with Crippen molar-refractivity contribution >= 4 is 17.4 Å². The van der Waals surface area contributed by atoms with Gasteiger partial charge in [-0.05, 0) is 88.5 Å². The topological polar surface area (TPSA) is 75.4 Å². The average molecular weight is 462 g/mol. The van der Waals surface area contributed by atoms with Gasteiger partial charge in [-0.1, -0.05) is 29.9 Å². The molecule has 3 aliphatic rings. The summed E-state index contributed by atoms with van der Waals surface area (Å²) in [5.41, 5.74) is 12.1. The molecule has 0 unspecified atom stereocenters. The van der Waals surface area contributed by atoms with Crippen LogP contribution in [0.5, 0.6) is 0 Å². The quantitative estimate of drug-likeness (QED) is 0.621. The number of ketones is 1. The Balaban J connectivity index is 1.67. The van der Waals surface area contributed by atoms with Crippen LogP contribution < -0.4 is 16.0 Å². The summed E-state index contributed by atoms with van der Waals surface area (Å²) in [5.74, 6) is 0.0412. The number of carbonyl (C=O) groups is 2. The van der Waals surface area contributed by atoms with Gasteiger partial charge in [-0.3, -0.25) is 9.59 Å². The van der Waals surface area contributed by atoms with Gasteiger partial charge in [-0.2, -0.15) is 0 Å². The van der Waals surface area contributed by atoms with Crippen LogP contribution in [0, 0.1) is 0 Å². The second-order valence-electron chi connectivity index (χ2n) is 10.0. The summed E-state index contributed by atoms with van der Waals surface area (Å²) in [4.78, 5) is 28.7. The molecule has 1 saturated carbocycles. The van der Waals surface area contributed by atoms with Crippen LogP contribution in [-0.4, -0.2) is 36.9 Å². The molecule has 5 nitrogen and oxygen atoms in total. The molecule has 0 saturated heterocycles. The highest BCUT2D eigenvalue weighted by atomic mass is 16.2. The third-order valence-corrected chi connectivity index (χ3v) is 7.54. The molecular weight excluding hydrogens is 422 g/mol. The Hall–Kier alpha value is -2.66. The van der Waals surface area contributed by atoms with Crippen molar-refractivity contribution in [3.8, 4) is 0 Å². The molecule has 1 aliphatic heterocycles. The number of Topliss-reactive ketones (excluding diaryl/α,β-unsaturated/α-hetero) is 1. The number of nitrogens with one attached hydrogen (secondary N) is 1. The molecule has 4 rings (SSSR count). The monoisotopic (exact) mass is 461 g/mol. The van der Waals surface area contributed by atoms with Gasteiger partial charge < -0.3 is 16.0 Å². The second-order valence-corrected chi connectivity index (χ2v) is 10.0. The van der Waals surface area contributed by atoms with Gasteiger partial charge >= 0.3 is 0 Å². The molecule has 1 amide bonds. The molecule has 1 heterocycles. The van der Waals surface area contributed by atoms with Gasteiger partial charge in [0.05, 0.1) is 0 Å². The van der Waals surface area contributed by atoms with E-state index in [0.717, 1.165) is 85.9 Å². The lowest BCUT2D eigenvalue weighted by atomic mass is 9.89. The van der Waals surface area contributed by atoms with Crippen LogP contribution in [0.15, 0.2) is 53.1 Å². The molecule has 2 aliphatic carbocycles. The molecular formula is C29H39N3O2. The number of benzene rings is 1. The third-order valence-electron chi connectivity index (χ3n) is 7.54. The Morgan fingerprint density at radius 2 is 1.91 bits per heavy atom. The molecule has 0 aromatic heterocycles. The molecule has 1 fully saturated rings. The van der Waals surface area contributed by atoms with E-state index in [1.165, 1.54) is 0 Å². The van der Waals surface area contributed by atoms with Crippen molar-refractivity contribution < 1.29 is 9.59 Å². The Labute approximate surface area is 204 Å². The van der Waals surface area contributed by atoms with Gasteiger partial charge in [0.15, 0.2) is 5.78 Å². The number of anilines is 1. The van der Waals surface area contributed by atoms with Crippen LogP contribution >= 0.6 is 0 Å². The van der Waals surface area contributed by atoms with E-state index in [4.69, 9.17) is 5.73 Å². The molecule has 1 aromatic carbocycles. The van der Waals surface area contributed by atoms with E-state index >= 15 is 0 Å². The molecule has 5 heteroatoms. The Bertz CT molecular complexity index is 1010. The summed E-state index contributed by atoms with van der Waals surface area (Å²) in [5, 5.41) is 3.09. The summed E-state index contributed by atoms with van der Waals surface area (Å²) in [7, 11) is 0. The Kier molecular flexibility index (Phi) is 8.04. The molecule has 1 aromatic rings. The minimum Gasteiger partial charge on any atom is -0.369 e. The first-order chi connectivity index (χ1) is 16.5. The lowest BCUT2D eigenvalue weighted by Gasteiger charge is -2.38. The smallest absolute Gasteiger partial charge is 0.251 e. The van der Waals surface area contributed by atoms with Crippen LogP contribution in [0.25, 0.3) is 0 Å². The molecule has 0 bridgehead atoms. The summed E-state index contributed by atoms with van der Waals surface area (Å²) >= 11 is 0. The Morgan fingerprint density at radius 3 is 2.68 bits per heavy atom. The number of fused-ring (bicyclic) bond motifs is 1. The molecule has 3 N–H and O–H groups in total. The lowest BCUT2D eigenvalue weighted by Crippen LogP contribution is -2.41. The van der Waals surface area contributed by atoms with Crippen molar-refractivity contribution in [1.82, 2.24) is 5.32 Å². The van der Waals surface area contributed by atoms with Crippen molar-refractivity contribution in [1.29, 1.82) is 0 Å². The SMILES string of the molecule is CCN(c1cccc2c1C/C=C/CCCC1=C(CNC2=O)C(=O)CC(C)=C1)C1CCC(N)CC1. The maximum atomic E-state index is 13.4. The van der Waals surface area contributed by atoms with E-state index in [-0.39, 0.29) is 11.7 Å². The van der Waals surface area contributed by atoms with Crippen LogP contribution in [0.3, 0.4) is 0 Å². The zero-order valence-corrected chi connectivity index (χ0v) is 20.7. The van der Waals surface area contributed by atoms with Crippen molar-refractivity contribution in [3.63, 3.8) is 0 Å². The molecule has 0 spiro atoms. The molecule has 0 radical (unpaired) electrons. The van der Waals surface area contributed by atoms with E-state index in [2.05, 4.69) is 41.4 Å². The minimum absolute atomic E-state index is 0.0999. The zero-order valence-electron chi connectivity index (χ0n) is 20.7. The number of rotatable bonds is 3. The zero-order chi connectivity index (χ0) is 24.1. The van der Waals surface area contributed by atoms with Crippen molar-refractivity contribution in [2.75, 3.05) is 18.0 Å². The first-order valence-corrected chi connectivity index (χ1v) is 13.0. The lowest BCUT2D eigenvalue weighted by molar-refractivity contribution is -0.115. The highest BCUT2D eigenvalue weighted by Crippen LogP contribution is 2.32. The fraction of sp³-hybridized carbons (Fsp3) is 0.517. The van der Waals surface area contributed by atoms with Gasteiger partial charge in [-0.15, -0.1) is 0 Å². The third kappa shape index (κ3) is 5.52. The average Bonchev–Trinajstić information content (AvgIpc) is 2.83. The first-order valence-electron chi connectivity index (χ1n) is 13.0. The number of hydrogen-bond donors (Lipinski definition) is 2. The highest BCUT2D eigenvalue weighted by molar-refractivity contribution is 6.02. The number of allylic oxidation sites excluding steroid dienone is 5. The standard InChI is InChI=1S/C29H39N3O2/c1-3-32(23-15-13-22(30)14-16-23)27-12-8-11-25-24(27)10-7-5-4-6-9-21-17-20(2)18-28(33)26(21)19-31-29(25)34/h5,7-8,11-12,17,22-23H,3-4,6,9-10,13-16,18-19,30H2,1-2H3,(H,31,34)/b7-5+. The molecule has 34 heavy (non-hydrogen) atoms. The van der Waals surface area contributed by atoms with Crippen LogP contribution in [0.2, 0.25) is 0 Å². The number of hydrogen-bond acceptors (Lipinski definition) is 4. The fourth-order valence-electron chi connectivity index (χ4n) is 5.71. The maximum absolute atomic E-state index is 13.4. The number of nitrogens with two attached hydrogens (primary N) is 1. The first kappa shape index (κ1) is 24.5. The van der Waals surface area contributed by atoms with Gasteiger partial charge in [0.25, 0.3) is 5.91 Å². The summed E-state index contributed by atoms with van der Waals surface area (Å²) in [6.45, 7) is 5.41. The largest absolute Gasteiger partial charge is 0.369 e. The normalized spacial score (nSPS) is 25.1. The van der Waals surface area contributed by atoms with Crippen LogP contribution in [-0.2, 0) is 11.2 Å². The van der Waals surface area contributed by atoms with Crippen molar-refractivity contribution in [3.05, 3.63) is 64.3 Å². The van der Waals surface area contributed by atoms with E-state index in [1.807, 2.05) is 19.1 Å². The highest BCUT2D eigenvalue weighted by Gasteiger charge is 2.27. The fourth-order valence-corrected chi connectivity index (χ4v) is 5.71. The maximum Gasteiger partial charge on any atom is 0.251 e. The van der Waals surface area contributed by atoms with Gasteiger partial charge in [0.2, 0.25) is 0 Å². The van der Waals surface area contributed by atoms with Crippen LogP contribution in [0.4, 0.5) is 5.69 Å². The number of carbonyl (C=O) groups excluding carboxylic acids is 2. The van der Waals surface area contributed by atoms with Gasteiger partial charge in [0.1, 0.15) is 0 Å². The predicted octanol–water partition coefficient (Wildman–Crippen LogP) is 5.01. The minimum atomic E-state index is -0.0999. The van der Waals surface area contributed by atoms with E-state index in [9.17, 15) is 9.59 Å². The van der Waals surface area contributed by atoms with Gasteiger partial charge in [0, 0.05) is 48.4 Å². The predicted molar refractivity (Wildman–Crippen MR) is 139 cm³/mol. The molecule has 182 valence electrons. The van der Waals surface area contributed by atoms with Crippen molar-refractivity contribution in [2.24, 2.45) is 5.73 Å². The van der Waals surface area contributed by atoms with E-state index in [0.29, 0.717) is 30.6 Å². The van der Waals surface area contributed by atoms with Crippen LogP contribution in [0.1, 0.15) is 81.1 Å². The second kappa shape index (κ2) is 11.2. The summed E-state index contributed by atoms with van der Waals surface area (Å²) in [6.07, 6.45) is 14.9. The summed E-state index contributed by atoms with van der Waals surface area (Å²) < 4.78 is 0. The van der Waals surface area contributed by atoms with Gasteiger partial charge in [-0.25, -0.2) is 0 Å². The van der Waals surface area contributed by atoms with Crippen molar-refractivity contribution in [2.45, 2.75) is 83.7 Å². The summed E-state index contributed by atoms with van der Waals surface area (Å²) in [6, 6.07) is 6.85. The van der Waals surface area contributed by atoms with E-state index in [1.54, 1.807) is 0 Å². The number of amides is 1. The molecule has 0 atom stereocenters. The Morgan fingerprint density at radius 1 is 1.12 bits per heavy atom. The number of nitrogens with zero attached hydrogens (tertiary/aromatic N) is 1.